The highest BCUT2D eigenvalue weighted by Crippen LogP contribution is 2.35. The monoisotopic (exact) mass is 506 g/mol. The summed E-state index contributed by atoms with van der Waals surface area (Å²) in [5.74, 6) is 0.00643. The number of amides is 1. The minimum absolute atomic E-state index is 0.0209. The van der Waals surface area contributed by atoms with E-state index in [0.29, 0.717) is 37.8 Å². The van der Waals surface area contributed by atoms with Gasteiger partial charge in [0.25, 0.3) is 0 Å². The Morgan fingerprint density at radius 2 is 1.69 bits per heavy atom. The van der Waals surface area contributed by atoms with E-state index in [-0.39, 0.29) is 29.2 Å². The van der Waals surface area contributed by atoms with Crippen molar-refractivity contribution in [1.29, 1.82) is 0 Å². The first-order chi connectivity index (χ1) is 16.5. The number of carbonyl (C=O) groups excluding carboxylic acids is 1. The molecule has 0 bridgehead atoms. The fourth-order valence-corrected chi connectivity index (χ4v) is 6.47. The lowest BCUT2D eigenvalue weighted by atomic mass is 9.82. The van der Waals surface area contributed by atoms with Gasteiger partial charge in [0, 0.05) is 36.9 Å². The van der Waals surface area contributed by atoms with Crippen LogP contribution in [0.5, 0.6) is 0 Å². The number of anilines is 1. The van der Waals surface area contributed by atoms with Crippen LogP contribution in [-0.2, 0) is 14.8 Å². The standard InChI is InChI=1S/C25H38N4O5S/c1-17-4-8-19(9-5-17)24(30)29(21-12-14-27(15-13-21)35(3,33)34)23-22(25(31)32)16-28(26-23)20-10-6-18(2)7-11-20/h10,16-19,21H,4-9,11-15H2,1-3H3,(H,31,32). The molecule has 2 fully saturated rings. The van der Waals surface area contributed by atoms with E-state index in [1.165, 1.54) is 16.8 Å². The van der Waals surface area contributed by atoms with Gasteiger partial charge >= 0.3 is 5.97 Å². The van der Waals surface area contributed by atoms with Gasteiger partial charge in [0.1, 0.15) is 5.56 Å². The van der Waals surface area contributed by atoms with Gasteiger partial charge in [-0.1, -0.05) is 19.9 Å². The number of carboxylic acids is 1. The third-order valence-corrected chi connectivity index (χ3v) is 9.26. The van der Waals surface area contributed by atoms with Crippen LogP contribution < -0.4 is 4.90 Å². The van der Waals surface area contributed by atoms with Gasteiger partial charge in [0.2, 0.25) is 15.9 Å². The molecule has 4 rings (SSSR count). The van der Waals surface area contributed by atoms with Crippen LogP contribution in [-0.4, -0.2) is 64.9 Å². The van der Waals surface area contributed by atoms with Crippen molar-refractivity contribution in [2.75, 3.05) is 24.2 Å². The summed E-state index contributed by atoms with van der Waals surface area (Å²) in [6.07, 6.45) is 12.0. The summed E-state index contributed by atoms with van der Waals surface area (Å²) < 4.78 is 27.1. The molecule has 1 atom stereocenters. The number of allylic oxidation sites excluding steroid dienone is 2. The van der Waals surface area contributed by atoms with Crippen molar-refractivity contribution in [1.82, 2.24) is 14.1 Å². The number of hydrogen-bond donors (Lipinski definition) is 1. The SMILES string of the molecule is CC1CC=C(n2cc(C(=O)O)c(N(C(=O)C3CCC(C)CC3)C3CCN(S(C)(=O)=O)CC3)n2)CC1. The highest BCUT2D eigenvalue weighted by Gasteiger charge is 2.39. The number of aromatic carboxylic acids is 1. The molecule has 2 aliphatic carbocycles. The summed E-state index contributed by atoms with van der Waals surface area (Å²) in [6.45, 7) is 5.00. The lowest BCUT2D eigenvalue weighted by Gasteiger charge is -2.39. The highest BCUT2D eigenvalue weighted by atomic mass is 32.2. The summed E-state index contributed by atoms with van der Waals surface area (Å²) in [5, 5.41) is 14.7. The molecule has 35 heavy (non-hydrogen) atoms. The lowest BCUT2D eigenvalue weighted by molar-refractivity contribution is -0.124. The van der Waals surface area contributed by atoms with E-state index in [2.05, 4.69) is 19.9 Å². The molecule has 1 aromatic rings. The smallest absolute Gasteiger partial charge is 0.341 e. The molecule has 1 saturated heterocycles. The van der Waals surface area contributed by atoms with Gasteiger partial charge in [-0.3, -0.25) is 9.69 Å². The van der Waals surface area contributed by atoms with Gasteiger partial charge in [-0.15, -0.1) is 5.10 Å². The molecular weight excluding hydrogens is 468 g/mol. The molecule has 1 aromatic heterocycles. The zero-order valence-electron chi connectivity index (χ0n) is 21.0. The molecule has 0 spiro atoms. The average Bonchev–Trinajstić information content (AvgIpc) is 3.25. The Morgan fingerprint density at radius 3 is 2.23 bits per heavy atom. The molecule has 0 aromatic carbocycles. The van der Waals surface area contributed by atoms with Crippen LogP contribution in [0.1, 0.15) is 82.0 Å². The van der Waals surface area contributed by atoms with Crippen LogP contribution in [0.25, 0.3) is 5.70 Å². The van der Waals surface area contributed by atoms with Crippen LogP contribution in [0.2, 0.25) is 0 Å². The topological polar surface area (TPSA) is 113 Å². The van der Waals surface area contributed by atoms with Crippen LogP contribution in [0.15, 0.2) is 12.3 Å². The first kappa shape index (κ1) is 25.9. The highest BCUT2D eigenvalue weighted by molar-refractivity contribution is 7.88. The first-order valence-corrected chi connectivity index (χ1v) is 14.7. The van der Waals surface area contributed by atoms with Crippen LogP contribution in [0.3, 0.4) is 0 Å². The fourth-order valence-electron chi connectivity index (χ4n) is 5.59. The molecule has 3 aliphatic rings. The van der Waals surface area contributed by atoms with Gasteiger partial charge in [-0.05, 0) is 69.6 Å². The Bertz CT molecular complexity index is 1080. The summed E-state index contributed by atoms with van der Waals surface area (Å²) in [6, 6.07) is -0.290. The third kappa shape index (κ3) is 5.80. The van der Waals surface area contributed by atoms with Crippen LogP contribution >= 0.6 is 0 Å². The predicted molar refractivity (Wildman–Crippen MR) is 135 cm³/mol. The molecule has 1 aliphatic heterocycles. The largest absolute Gasteiger partial charge is 0.477 e. The number of aromatic nitrogens is 2. The van der Waals surface area contributed by atoms with Gasteiger partial charge in [0.15, 0.2) is 5.82 Å². The van der Waals surface area contributed by atoms with Gasteiger partial charge < -0.3 is 5.11 Å². The fraction of sp³-hybridized carbons (Fsp3) is 0.720. The number of sulfonamides is 1. The summed E-state index contributed by atoms with van der Waals surface area (Å²) >= 11 is 0. The molecule has 0 radical (unpaired) electrons. The number of carboxylic acid groups (broad SMARTS) is 1. The number of nitrogens with zero attached hydrogens (tertiary/aromatic N) is 4. The Labute approximate surface area is 208 Å². The Hall–Kier alpha value is -2.20. The Morgan fingerprint density at radius 1 is 1.03 bits per heavy atom. The maximum absolute atomic E-state index is 13.9. The van der Waals surface area contributed by atoms with E-state index >= 15 is 0 Å². The van der Waals surface area contributed by atoms with Crippen molar-refractivity contribution in [2.24, 2.45) is 17.8 Å². The number of hydrogen-bond acceptors (Lipinski definition) is 5. The summed E-state index contributed by atoms with van der Waals surface area (Å²) in [7, 11) is -3.31. The second-order valence-electron chi connectivity index (χ2n) is 10.7. The molecule has 1 N–H and O–H groups in total. The zero-order valence-corrected chi connectivity index (χ0v) is 21.8. The van der Waals surface area contributed by atoms with Crippen molar-refractivity contribution < 1.29 is 23.1 Å². The molecule has 10 heteroatoms. The van der Waals surface area contributed by atoms with Crippen LogP contribution in [0.4, 0.5) is 5.82 Å². The van der Waals surface area contributed by atoms with Crippen molar-refractivity contribution in [3.05, 3.63) is 17.8 Å². The Balaban J connectivity index is 1.69. The van der Waals surface area contributed by atoms with Crippen molar-refractivity contribution >= 4 is 33.4 Å². The van der Waals surface area contributed by atoms with E-state index in [4.69, 9.17) is 5.10 Å². The quantitative estimate of drug-likeness (QED) is 0.628. The normalized spacial score (nSPS) is 26.8. The number of rotatable bonds is 6. The Kier molecular flexibility index (Phi) is 7.71. The maximum atomic E-state index is 13.9. The van der Waals surface area contributed by atoms with Gasteiger partial charge in [0.05, 0.1) is 6.26 Å². The lowest BCUT2D eigenvalue weighted by Crippen LogP contribution is -2.51. The van der Waals surface area contributed by atoms with E-state index in [9.17, 15) is 23.1 Å². The van der Waals surface area contributed by atoms with Gasteiger partial charge in [-0.25, -0.2) is 22.2 Å². The van der Waals surface area contributed by atoms with Crippen molar-refractivity contribution in [2.45, 2.75) is 77.7 Å². The minimum atomic E-state index is -3.31. The molecule has 2 heterocycles. The number of piperidine rings is 1. The third-order valence-electron chi connectivity index (χ3n) is 7.96. The van der Waals surface area contributed by atoms with Crippen molar-refractivity contribution in [3.8, 4) is 0 Å². The van der Waals surface area contributed by atoms with Crippen LogP contribution in [0, 0.1) is 17.8 Å². The van der Waals surface area contributed by atoms with Gasteiger partial charge in [-0.2, -0.15) is 0 Å². The predicted octanol–water partition coefficient (Wildman–Crippen LogP) is 3.83. The molecule has 1 saturated carbocycles. The second-order valence-corrected chi connectivity index (χ2v) is 12.7. The maximum Gasteiger partial charge on any atom is 0.341 e. The van der Waals surface area contributed by atoms with E-state index in [0.717, 1.165) is 50.6 Å². The zero-order chi connectivity index (χ0) is 25.3. The molecular formula is C25H38N4O5S. The van der Waals surface area contributed by atoms with E-state index in [1.807, 2.05) is 0 Å². The molecule has 1 unspecified atom stereocenters. The minimum Gasteiger partial charge on any atom is -0.477 e. The average molecular weight is 507 g/mol. The summed E-state index contributed by atoms with van der Waals surface area (Å²) in [5.41, 5.74) is 0.982. The van der Waals surface area contributed by atoms with E-state index < -0.39 is 16.0 Å². The molecule has 9 nitrogen and oxygen atoms in total. The van der Waals surface area contributed by atoms with E-state index in [1.54, 1.807) is 9.58 Å². The number of carbonyl (C=O) groups is 2. The second kappa shape index (κ2) is 10.4. The first-order valence-electron chi connectivity index (χ1n) is 12.8. The molecule has 194 valence electrons. The molecule has 1 amide bonds. The van der Waals surface area contributed by atoms with Crippen molar-refractivity contribution in [3.63, 3.8) is 0 Å². The summed E-state index contributed by atoms with van der Waals surface area (Å²) in [4.78, 5) is 27.8.